The molecule has 0 radical (unpaired) electrons. The van der Waals surface area contributed by atoms with Gasteiger partial charge in [0.2, 0.25) is 5.91 Å². The van der Waals surface area contributed by atoms with Crippen molar-refractivity contribution in [2.45, 2.75) is 33.7 Å². The van der Waals surface area contributed by atoms with Gasteiger partial charge in [0.25, 0.3) is 0 Å². The maximum Gasteiger partial charge on any atom is 0.229 e. The second kappa shape index (κ2) is 6.67. The van der Waals surface area contributed by atoms with Crippen LogP contribution in [0.2, 0.25) is 0 Å². The molecule has 3 rings (SSSR count). The predicted octanol–water partition coefficient (Wildman–Crippen LogP) is 2.64. The Labute approximate surface area is 143 Å². The Morgan fingerprint density at radius 3 is 2.79 bits per heavy atom. The number of benzene rings is 1. The molecule has 0 unspecified atom stereocenters. The van der Waals surface area contributed by atoms with Gasteiger partial charge in [-0.2, -0.15) is 5.10 Å². The van der Waals surface area contributed by atoms with E-state index < -0.39 is 0 Å². The molecule has 0 fully saturated rings. The lowest BCUT2D eigenvalue weighted by molar-refractivity contribution is -0.137. The maximum absolute atomic E-state index is 13.0. The van der Waals surface area contributed by atoms with Crippen molar-refractivity contribution >= 4 is 5.91 Å². The van der Waals surface area contributed by atoms with Crippen LogP contribution in [0, 0.1) is 19.8 Å². The van der Waals surface area contributed by atoms with Crippen molar-refractivity contribution in [1.82, 2.24) is 14.7 Å². The molecule has 1 aromatic carbocycles. The first-order valence-corrected chi connectivity index (χ1v) is 8.49. The zero-order valence-corrected chi connectivity index (χ0v) is 14.9. The summed E-state index contributed by atoms with van der Waals surface area (Å²) in [7, 11) is 1.94. The lowest BCUT2D eigenvalue weighted by Crippen LogP contribution is -2.40. The van der Waals surface area contributed by atoms with Crippen LogP contribution in [-0.4, -0.2) is 33.7 Å². The van der Waals surface area contributed by atoms with Crippen molar-refractivity contribution in [2.24, 2.45) is 13.0 Å². The third kappa shape index (κ3) is 3.03. The number of carbonyl (C=O) groups excluding carboxylic acids is 1. The van der Waals surface area contributed by atoms with Crippen molar-refractivity contribution in [3.8, 4) is 5.75 Å². The van der Waals surface area contributed by atoms with Crippen molar-refractivity contribution in [1.29, 1.82) is 0 Å². The van der Waals surface area contributed by atoms with Crippen molar-refractivity contribution in [3.05, 3.63) is 46.8 Å². The predicted molar refractivity (Wildman–Crippen MR) is 92.9 cm³/mol. The molecule has 1 aromatic heterocycles. The summed E-state index contributed by atoms with van der Waals surface area (Å²) in [6.07, 6.45) is 0.747. The lowest BCUT2D eigenvalue weighted by Gasteiger charge is -2.30. The second-order valence-corrected chi connectivity index (χ2v) is 6.45. The fourth-order valence-electron chi connectivity index (χ4n) is 3.33. The number of fused-ring (bicyclic) bond motifs is 1. The molecule has 1 atom stereocenters. The molecule has 0 aliphatic carbocycles. The standard InChI is InChI=1S/C19H25N3O2/c1-5-22(11-17-13(2)20-21(4)14(17)3)19(23)16-10-15-8-6-7-9-18(15)24-12-16/h6-9,16H,5,10-12H2,1-4H3/t16-/m0/s1. The van der Waals surface area contributed by atoms with Gasteiger partial charge in [-0.25, -0.2) is 0 Å². The molecule has 1 amide bonds. The van der Waals surface area contributed by atoms with E-state index in [0.717, 1.165) is 34.7 Å². The second-order valence-electron chi connectivity index (χ2n) is 6.45. The average molecular weight is 327 g/mol. The van der Waals surface area contributed by atoms with E-state index in [1.165, 1.54) is 0 Å². The molecule has 1 aliphatic rings. The zero-order valence-electron chi connectivity index (χ0n) is 14.9. The summed E-state index contributed by atoms with van der Waals surface area (Å²) >= 11 is 0. The fourth-order valence-corrected chi connectivity index (χ4v) is 3.33. The molecule has 5 heteroatoms. The number of ether oxygens (including phenoxy) is 1. The van der Waals surface area contributed by atoms with Crippen LogP contribution in [0.1, 0.15) is 29.4 Å². The Bertz CT molecular complexity index is 751. The van der Waals surface area contributed by atoms with Crippen LogP contribution in [-0.2, 0) is 24.8 Å². The minimum absolute atomic E-state index is 0.114. The van der Waals surface area contributed by atoms with Crippen LogP contribution in [0.3, 0.4) is 0 Å². The molecule has 5 nitrogen and oxygen atoms in total. The van der Waals surface area contributed by atoms with Crippen LogP contribution in [0.5, 0.6) is 5.75 Å². The summed E-state index contributed by atoms with van der Waals surface area (Å²) in [5, 5.41) is 4.45. The first-order valence-electron chi connectivity index (χ1n) is 8.49. The van der Waals surface area contributed by atoms with E-state index in [0.29, 0.717) is 19.7 Å². The summed E-state index contributed by atoms with van der Waals surface area (Å²) < 4.78 is 7.67. The van der Waals surface area contributed by atoms with Gasteiger partial charge in [-0.05, 0) is 38.8 Å². The fraction of sp³-hybridized carbons (Fsp3) is 0.474. The third-order valence-corrected chi connectivity index (χ3v) is 4.93. The van der Waals surface area contributed by atoms with Gasteiger partial charge in [-0.15, -0.1) is 0 Å². The van der Waals surface area contributed by atoms with Crippen molar-refractivity contribution < 1.29 is 9.53 Å². The highest BCUT2D eigenvalue weighted by molar-refractivity contribution is 5.79. The molecule has 0 saturated carbocycles. The van der Waals surface area contributed by atoms with Gasteiger partial charge in [0, 0.05) is 31.4 Å². The van der Waals surface area contributed by atoms with Gasteiger partial charge in [0.1, 0.15) is 12.4 Å². The molecule has 2 aromatic rings. The minimum Gasteiger partial charge on any atom is -0.492 e. The Morgan fingerprint density at radius 2 is 2.12 bits per heavy atom. The number of para-hydroxylation sites is 1. The largest absolute Gasteiger partial charge is 0.492 e. The Kier molecular flexibility index (Phi) is 4.60. The molecule has 0 bridgehead atoms. The molecular weight excluding hydrogens is 302 g/mol. The van der Waals surface area contributed by atoms with E-state index in [9.17, 15) is 4.79 Å². The van der Waals surface area contributed by atoms with E-state index in [-0.39, 0.29) is 11.8 Å². The summed E-state index contributed by atoms with van der Waals surface area (Å²) in [6, 6.07) is 7.97. The molecule has 128 valence electrons. The van der Waals surface area contributed by atoms with Crippen LogP contribution in [0.25, 0.3) is 0 Å². The minimum atomic E-state index is -0.114. The van der Waals surface area contributed by atoms with E-state index in [2.05, 4.69) is 5.10 Å². The number of hydrogen-bond acceptors (Lipinski definition) is 3. The molecule has 1 aliphatic heterocycles. The SMILES string of the molecule is CCN(Cc1c(C)nn(C)c1C)C(=O)[C@@H]1COc2ccccc2C1. The highest BCUT2D eigenvalue weighted by Gasteiger charge is 2.29. The monoisotopic (exact) mass is 327 g/mol. The summed E-state index contributed by atoms with van der Waals surface area (Å²) in [6.45, 7) is 7.83. The third-order valence-electron chi connectivity index (χ3n) is 4.93. The molecule has 2 heterocycles. The highest BCUT2D eigenvalue weighted by Crippen LogP contribution is 2.28. The van der Waals surface area contributed by atoms with Gasteiger partial charge in [-0.3, -0.25) is 9.48 Å². The smallest absolute Gasteiger partial charge is 0.229 e. The van der Waals surface area contributed by atoms with Gasteiger partial charge < -0.3 is 9.64 Å². The van der Waals surface area contributed by atoms with Gasteiger partial charge >= 0.3 is 0 Å². The normalized spacial score (nSPS) is 16.4. The summed E-state index contributed by atoms with van der Waals surface area (Å²) in [5.41, 5.74) is 4.37. The first kappa shape index (κ1) is 16.6. The number of nitrogens with zero attached hydrogens (tertiary/aromatic N) is 3. The van der Waals surface area contributed by atoms with Crippen molar-refractivity contribution in [2.75, 3.05) is 13.2 Å². The van der Waals surface area contributed by atoms with E-state index in [4.69, 9.17) is 4.74 Å². The Balaban J connectivity index is 1.75. The summed E-state index contributed by atoms with van der Waals surface area (Å²) in [5.74, 6) is 0.954. The van der Waals surface area contributed by atoms with E-state index in [1.54, 1.807) is 0 Å². The van der Waals surface area contributed by atoms with Gasteiger partial charge in [0.15, 0.2) is 0 Å². The van der Waals surface area contributed by atoms with Gasteiger partial charge in [0.05, 0.1) is 11.6 Å². The highest BCUT2D eigenvalue weighted by atomic mass is 16.5. The zero-order chi connectivity index (χ0) is 17.3. The number of aromatic nitrogens is 2. The number of rotatable bonds is 4. The molecular formula is C19H25N3O2. The number of aryl methyl sites for hydroxylation is 2. The molecule has 24 heavy (non-hydrogen) atoms. The van der Waals surface area contributed by atoms with Crippen LogP contribution < -0.4 is 4.74 Å². The van der Waals surface area contributed by atoms with Crippen LogP contribution in [0.4, 0.5) is 0 Å². The number of hydrogen-bond donors (Lipinski definition) is 0. The van der Waals surface area contributed by atoms with Crippen molar-refractivity contribution in [3.63, 3.8) is 0 Å². The molecule has 0 N–H and O–H groups in total. The Morgan fingerprint density at radius 1 is 1.38 bits per heavy atom. The topological polar surface area (TPSA) is 47.4 Å². The van der Waals surface area contributed by atoms with E-state index in [1.807, 2.05) is 61.7 Å². The quantitative estimate of drug-likeness (QED) is 0.867. The molecule has 0 spiro atoms. The lowest BCUT2D eigenvalue weighted by atomic mass is 9.95. The maximum atomic E-state index is 13.0. The summed E-state index contributed by atoms with van der Waals surface area (Å²) in [4.78, 5) is 14.9. The number of amides is 1. The van der Waals surface area contributed by atoms with Crippen LogP contribution in [0.15, 0.2) is 24.3 Å². The van der Waals surface area contributed by atoms with E-state index >= 15 is 0 Å². The average Bonchev–Trinajstić information content (AvgIpc) is 2.84. The Hall–Kier alpha value is -2.30. The van der Waals surface area contributed by atoms with Crippen LogP contribution >= 0.6 is 0 Å². The van der Waals surface area contributed by atoms with Gasteiger partial charge in [-0.1, -0.05) is 18.2 Å². The first-order chi connectivity index (χ1) is 11.5. The molecule has 0 saturated heterocycles. The number of carbonyl (C=O) groups is 1.